The molecule has 3 N–H and O–H groups in total. The molecule has 2 amide bonds. The minimum absolute atomic E-state index is 0.179. The molecule has 3 rings (SSSR count). The Morgan fingerprint density at radius 3 is 2.32 bits per heavy atom. The maximum Gasteiger partial charge on any atom is 0.274 e. The van der Waals surface area contributed by atoms with Gasteiger partial charge < -0.3 is 15.6 Å². The second kappa shape index (κ2) is 7.14. The number of carbonyl (C=O) groups is 2. The van der Waals surface area contributed by atoms with Crippen molar-refractivity contribution in [1.82, 2.24) is 14.9 Å². The highest BCUT2D eigenvalue weighted by Gasteiger charge is 2.14. The number of hydrogen-bond donors (Lipinski definition) is 3. The van der Waals surface area contributed by atoms with Crippen LogP contribution in [0.5, 0.6) is 0 Å². The monoisotopic (exact) mass is 352 g/mol. The molecular weight excluding hydrogens is 336 g/mol. The molecule has 0 unspecified atom stereocenters. The summed E-state index contributed by atoms with van der Waals surface area (Å²) in [5.41, 5.74) is 2.30. The first kappa shape index (κ1) is 16.7. The van der Waals surface area contributed by atoms with Crippen molar-refractivity contribution in [1.29, 1.82) is 0 Å². The van der Waals surface area contributed by atoms with Crippen LogP contribution in [0, 0.1) is 4.77 Å². The number of para-hydroxylation sites is 1. The van der Waals surface area contributed by atoms with Gasteiger partial charge in [0.05, 0.1) is 0 Å². The smallest absolute Gasteiger partial charge is 0.274 e. The number of anilines is 1. The van der Waals surface area contributed by atoms with Crippen molar-refractivity contribution >= 4 is 29.7 Å². The molecule has 7 heteroatoms. The van der Waals surface area contributed by atoms with Crippen LogP contribution in [-0.4, -0.2) is 28.4 Å². The highest BCUT2D eigenvalue weighted by molar-refractivity contribution is 7.71. The predicted octanol–water partition coefficient (Wildman–Crippen LogP) is 3.15. The number of aromatic amines is 1. The summed E-state index contributed by atoms with van der Waals surface area (Å²) < 4.78 is 2.11. The molecular formula is C18H16N4O2S. The summed E-state index contributed by atoms with van der Waals surface area (Å²) in [6.07, 6.45) is 1.57. The lowest BCUT2D eigenvalue weighted by molar-refractivity contribution is 0.0962. The van der Waals surface area contributed by atoms with Crippen molar-refractivity contribution in [2.75, 3.05) is 12.4 Å². The highest BCUT2D eigenvalue weighted by atomic mass is 32.1. The van der Waals surface area contributed by atoms with Crippen LogP contribution in [-0.2, 0) is 0 Å². The zero-order chi connectivity index (χ0) is 17.8. The van der Waals surface area contributed by atoms with Crippen LogP contribution < -0.4 is 10.6 Å². The highest BCUT2D eigenvalue weighted by Crippen LogP contribution is 2.15. The van der Waals surface area contributed by atoms with E-state index in [1.54, 1.807) is 42.1 Å². The van der Waals surface area contributed by atoms with E-state index in [0.717, 1.165) is 5.69 Å². The van der Waals surface area contributed by atoms with Crippen LogP contribution in [0.2, 0.25) is 0 Å². The van der Waals surface area contributed by atoms with Gasteiger partial charge >= 0.3 is 0 Å². The first-order valence-electron chi connectivity index (χ1n) is 7.59. The number of carbonyl (C=O) groups excluding carboxylic acids is 2. The number of imidazole rings is 1. The zero-order valence-corrected chi connectivity index (χ0v) is 14.3. The summed E-state index contributed by atoms with van der Waals surface area (Å²) in [6, 6.07) is 16.1. The lowest BCUT2D eigenvalue weighted by Crippen LogP contribution is -2.18. The van der Waals surface area contributed by atoms with Gasteiger partial charge in [0.15, 0.2) is 4.77 Å². The number of benzene rings is 2. The fourth-order valence-corrected chi connectivity index (χ4v) is 2.68. The molecule has 0 aliphatic heterocycles. The molecule has 0 spiro atoms. The molecule has 1 heterocycles. The van der Waals surface area contributed by atoms with Gasteiger partial charge in [-0.05, 0) is 48.6 Å². The Hall–Kier alpha value is -3.19. The van der Waals surface area contributed by atoms with Crippen molar-refractivity contribution in [2.45, 2.75) is 0 Å². The van der Waals surface area contributed by atoms with E-state index in [1.807, 2.05) is 30.3 Å². The third kappa shape index (κ3) is 3.51. The van der Waals surface area contributed by atoms with Crippen LogP contribution in [0.15, 0.2) is 60.8 Å². The first-order valence-corrected chi connectivity index (χ1v) is 8.00. The Labute approximate surface area is 149 Å². The molecule has 0 saturated heterocycles. The SMILES string of the molecule is CNC(=O)c1ccc(NC(=O)c2c[nH]c(=S)n2-c2ccccc2)cc1. The Morgan fingerprint density at radius 1 is 1.00 bits per heavy atom. The van der Waals surface area contributed by atoms with Crippen LogP contribution >= 0.6 is 12.2 Å². The molecule has 0 radical (unpaired) electrons. The Morgan fingerprint density at radius 2 is 1.68 bits per heavy atom. The molecule has 0 bridgehead atoms. The molecule has 25 heavy (non-hydrogen) atoms. The van der Waals surface area contributed by atoms with Crippen LogP contribution in [0.1, 0.15) is 20.8 Å². The molecule has 3 aromatic rings. The standard InChI is InChI=1S/C18H16N4O2S/c1-19-16(23)12-7-9-13(10-8-12)21-17(24)15-11-20-18(25)22(15)14-5-3-2-4-6-14/h2-11H,1H3,(H,19,23)(H,20,25)(H,21,24). The number of nitrogens with one attached hydrogen (secondary N) is 3. The van der Waals surface area contributed by atoms with Gasteiger partial charge in [-0.2, -0.15) is 0 Å². The van der Waals surface area contributed by atoms with Gasteiger partial charge in [0.1, 0.15) is 5.69 Å². The average Bonchev–Trinajstić information content (AvgIpc) is 3.04. The minimum Gasteiger partial charge on any atom is -0.355 e. The summed E-state index contributed by atoms with van der Waals surface area (Å²) in [5, 5.41) is 5.36. The summed E-state index contributed by atoms with van der Waals surface area (Å²) in [5.74, 6) is -0.481. The number of hydrogen-bond acceptors (Lipinski definition) is 3. The number of nitrogens with zero attached hydrogens (tertiary/aromatic N) is 1. The van der Waals surface area contributed by atoms with Gasteiger partial charge in [0, 0.05) is 30.2 Å². The topological polar surface area (TPSA) is 78.9 Å². The lowest BCUT2D eigenvalue weighted by atomic mass is 10.2. The van der Waals surface area contributed by atoms with Crippen LogP contribution in [0.3, 0.4) is 0 Å². The van der Waals surface area contributed by atoms with E-state index in [4.69, 9.17) is 12.2 Å². The van der Waals surface area contributed by atoms with Crippen molar-refractivity contribution in [3.8, 4) is 5.69 Å². The summed E-state index contributed by atoms with van der Waals surface area (Å²) in [6.45, 7) is 0. The van der Waals surface area contributed by atoms with E-state index in [9.17, 15) is 9.59 Å². The molecule has 0 atom stereocenters. The quantitative estimate of drug-likeness (QED) is 0.631. The van der Waals surface area contributed by atoms with Gasteiger partial charge in [-0.15, -0.1) is 0 Å². The summed E-state index contributed by atoms with van der Waals surface area (Å²) in [4.78, 5) is 27.1. The number of H-pyrrole nitrogens is 1. The van der Waals surface area contributed by atoms with Gasteiger partial charge in [-0.3, -0.25) is 14.2 Å². The molecule has 6 nitrogen and oxygen atoms in total. The Bertz CT molecular complexity index is 959. The van der Waals surface area contributed by atoms with Crippen molar-refractivity contribution in [2.24, 2.45) is 0 Å². The fraction of sp³-hybridized carbons (Fsp3) is 0.0556. The normalized spacial score (nSPS) is 10.3. The zero-order valence-electron chi connectivity index (χ0n) is 13.4. The fourth-order valence-electron chi connectivity index (χ4n) is 2.41. The third-order valence-corrected chi connectivity index (χ3v) is 3.96. The third-order valence-electron chi connectivity index (χ3n) is 3.66. The first-order chi connectivity index (χ1) is 12.1. The summed E-state index contributed by atoms with van der Waals surface area (Å²) in [7, 11) is 1.57. The molecule has 0 aliphatic rings. The van der Waals surface area contributed by atoms with E-state index < -0.39 is 0 Å². The number of aromatic nitrogens is 2. The number of amides is 2. The second-order valence-electron chi connectivity index (χ2n) is 5.26. The summed E-state index contributed by atoms with van der Waals surface area (Å²) >= 11 is 5.28. The van der Waals surface area contributed by atoms with Gasteiger partial charge in [0.25, 0.3) is 11.8 Å². The molecule has 126 valence electrons. The van der Waals surface area contributed by atoms with E-state index in [1.165, 1.54) is 0 Å². The average molecular weight is 352 g/mol. The maximum absolute atomic E-state index is 12.6. The largest absolute Gasteiger partial charge is 0.355 e. The van der Waals surface area contributed by atoms with Crippen molar-refractivity contribution < 1.29 is 9.59 Å². The van der Waals surface area contributed by atoms with E-state index in [-0.39, 0.29) is 11.8 Å². The Balaban J connectivity index is 1.85. The van der Waals surface area contributed by atoms with E-state index >= 15 is 0 Å². The maximum atomic E-state index is 12.6. The molecule has 0 aliphatic carbocycles. The van der Waals surface area contributed by atoms with Gasteiger partial charge in [-0.25, -0.2) is 0 Å². The van der Waals surface area contributed by atoms with E-state index in [0.29, 0.717) is 21.7 Å². The minimum atomic E-state index is -0.302. The van der Waals surface area contributed by atoms with Crippen LogP contribution in [0.4, 0.5) is 5.69 Å². The molecule has 0 fully saturated rings. The van der Waals surface area contributed by atoms with Crippen molar-refractivity contribution in [3.63, 3.8) is 0 Å². The van der Waals surface area contributed by atoms with Crippen LogP contribution in [0.25, 0.3) is 5.69 Å². The number of rotatable bonds is 4. The van der Waals surface area contributed by atoms with Crippen molar-refractivity contribution in [3.05, 3.63) is 76.8 Å². The van der Waals surface area contributed by atoms with E-state index in [2.05, 4.69) is 15.6 Å². The van der Waals surface area contributed by atoms with Gasteiger partial charge in [0.2, 0.25) is 0 Å². The molecule has 0 saturated carbocycles. The Kier molecular flexibility index (Phi) is 4.76. The molecule has 2 aromatic carbocycles. The molecule has 1 aromatic heterocycles. The lowest BCUT2D eigenvalue weighted by Gasteiger charge is -2.09. The van der Waals surface area contributed by atoms with Gasteiger partial charge in [-0.1, -0.05) is 18.2 Å². The second-order valence-corrected chi connectivity index (χ2v) is 5.65. The predicted molar refractivity (Wildman–Crippen MR) is 98.7 cm³/mol.